The van der Waals surface area contributed by atoms with Gasteiger partial charge in [-0.05, 0) is 12.2 Å². The number of aliphatic hydroxyl groups excluding tert-OH is 5. The fourth-order valence-electron chi connectivity index (χ4n) is 2.58. The summed E-state index contributed by atoms with van der Waals surface area (Å²) in [6.45, 7) is -0.729. The largest absolute Gasteiger partial charge is 0.394 e. The van der Waals surface area contributed by atoms with Crippen LogP contribution in [0.5, 0.6) is 0 Å². The van der Waals surface area contributed by atoms with Crippen LogP contribution in [0.2, 0.25) is 0 Å². The van der Waals surface area contributed by atoms with Gasteiger partial charge in [0.2, 0.25) is 0 Å². The highest BCUT2D eigenvalue weighted by atomic mass is 16.7. The molecule has 1 aliphatic heterocycles. The highest BCUT2D eigenvalue weighted by Gasteiger charge is 2.44. The fraction of sp³-hybridized carbons (Fsp3) is 0.786. The van der Waals surface area contributed by atoms with Crippen LogP contribution in [0.1, 0.15) is 12.8 Å². The van der Waals surface area contributed by atoms with Crippen LogP contribution >= 0.6 is 0 Å². The summed E-state index contributed by atoms with van der Waals surface area (Å²) in [4.78, 5) is 11.1. The fourth-order valence-corrected chi connectivity index (χ4v) is 2.58. The van der Waals surface area contributed by atoms with Crippen LogP contribution < -0.4 is 0 Å². The van der Waals surface area contributed by atoms with Crippen LogP contribution in [0.3, 0.4) is 0 Å². The molecule has 1 saturated heterocycles. The number of rotatable bonds is 5. The Hall–Kier alpha value is -0.910. The van der Waals surface area contributed by atoms with Gasteiger partial charge in [-0.2, -0.15) is 0 Å². The number of aliphatic hydroxyl groups is 6. The van der Waals surface area contributed by atoms with Gasteiger partial charge in [-0.25, -0.2) is 0 Å². The predicted molar refractivity (Wildman–Crippen MR) is 74.1 cm³/mol. The number of ketones is 1. The van der Waals surface area contributed by atoms with Crippen molar-refractivity contribution < 1.29 is 44.9 Å². The summed E-state index contributed by atoms with van der Waals surface area (Å²) in [5, 5.41) is 58.2. The molecule has 1 heterocycles. The lowest BCUT2D eigenvalue weighted by molar-refractivity contribution is -0.302. The molecule has 2 aliphatic rings. The molecule has 0 amide bonds. The lowest BCUT2D eigenvalue weighted by Crippen LogP contribution is -2.59. The lowest BCUT2D eigenvalue weighted by Gasteiger charge is -2.40. The van der Waals surface area contributed by atoms with Crippen LogP contribution in [0.4, 0.5) is 0 Å². The Morgan fingerprint density at radius 2 is 1.91 bits per heavy atom. The maximum atomic E-state index is 11.1. The molecule has 6 N–H and O–H groups in total. The first kappa shape index (κ1) is 18.4. The molecule has 1 fully saturated rings. The quantitative estimate of drug-likeness (QED) is 0.305. The van der Waals surface area contributed by atoms with Crippen molar-refractivity contribution in [3.8, 4) is 0 Å². The Kier molecular flexibility index (Phi) is 5.87. The van der Waals surface area contributed by atoms with Crippen molar-refractivity contribution in [3.05, 3.63) is 12.2 Å². The Balaban J connectivity index is 1.90. The van der Waals surface area contributed by atoms with Crippen molar-refractivity contribution in [3.63, 3.8) is 0 Å². The molecule has 0 unspecified atom stereocenters. The minimum atomic E-state index is -1.64. The Bertz CT molecular complexity index is 452. The molecule has 0 aromatic carbocycles. The van der Waals surface area contributed by atoms with E-state index in [1.807, 2.05) is 0 Å². The topological polar surface area (TPSA) is 157 Å². The van der Waals surface area contributed by atoms with E-state index in [-0.39, 0.29) is 25.2 Å². The van der Waals surface area contributed by atoms with E-state index in [1.165, 1.54) is 12.2 Å². The van der Waals surface area contributed by atoms with Gasteiger partial charge in [0.25, 0.3) is 0 Å². The zero-order valence-corrected chi connectivity index (χ0v) is 12.4. The number of carbonyl (C=O) groups excluding carboxylic acids is 1. The van der Waals surface area contributed by atoms with Crippen molar-refractivity contribution in [1.29, 1.82) is 0 Å². The molecule has 9 nitrogen and oxygen atoms in total. The molecular weight excluding hydrogens is 312 g/mol. The zero-order chi connectivity index (χ0) is 17.2. The molecule has 0 radical (unpaired) electrons. The number of hydrogen-bond donors (Lipinski definition) is 6. The first-order valence-electron chi connectivity index (χ1n) is 7.33. The molecular formula is C14H22O9. The average Bonchev–Trinajstić information content (AvgIpc) is 2.52. The molecule has 0 saturated carbocycles. The van der Waals surface area contributed by atoms with Crippen LogP contribution in [0, 0.1) is 0 Å². The zero-order valence-electron chi connectivity index (χ0n) is 12.4. The summed E-state index contributed by atoms with van der Waals surface area (Å²) in [6.07, 6.45) is -6.12. The normalized spacial score (nSPS) is 44.5. The second-order valence-electron chi connectivity index (χ2n) is 5.83. The number of carbonyl (C=O) groups is 1. The maximum absolute atomic E-state index is 11.1. The van der Waals surface area contributed by atoms with Gasteiger partial charge in [0.1, 0.15) is 30.0 Å². The highest BCUT2D eigenvalue weighted by Crippen LogP contribution is 2.26. The van der Waals surface area contributed by atoms with Crippen molar-refractivity contribution in [2.45, 2.75) is 55.3 Å². The monoisotopic (exact) mass is 334 g/mol. The smallest absolute Gasteiger partial charge is 0.186 e. The third kappa shape index (κ3) is 3.95. The van der Waals surface area contributed by atoms with Gasteiger partial charge >= 0.3 is 0 Å². The summed E-state index contributed by atoms with van der Waals surface area (Å²) < 4.78 is 10.4. The van der Waals surface area contributed by atoms with Gasteiger partial charge in [0, 0.05) is 12.8 Å². The third-order valence-corrected chi connectivity index (χ3v) is 4.16. The second kappa shape index (κ2) is 7.32. The van der Waals surface area contributed by atoms with Crippen molar-refractivity contribution in [2.24, 2.45) is 0 Å². The van der Waals surface area contributed by atoms with Crippen molar-refractivity contribution >= 4 is 5.78 Å². The summed E-state index contributed by atoms with van der Waals surface area (Å²) in [5.41, 5.74) is -1.64. The standard InChI is InChI=1S/C14H22O9/c15-6-8-10(18)11(19)12(20)13(23-8)22-4-3-14(21)2-1-7(16)5-9(14)17/h1-2,8-13,15,17-21H,3-6H2/t8-,9+,10-,11+,12-,13-,14-/m1/s1. The summed E-state index contributed by atoms with van der Waals surface area (Å²) in [6, 6.07) is 0. The van der Waals surface area contributed by atoms with Gasteiger partial charge in [-0.1, -0.05) is 0 Å². The van der Waals surface area contributed by atoms with E-state index in [1.54, 1.807) is 0 Å². The maximum Gasteiger partial charge on any atom is 0.186 e. The summed E-state index contributed by atoms with van der Waals surface area (Å²) in [7, 11) is 0. The molecule has 0 aromatic rings. The third-order valence-electron chi connectivity index (χ3n) is 4.16. The molecule has 9 heteroatoms. The Morgan fingerprint density at radius 1 is 1.22 bits per heavy atom. The molecule has 2 rings (SSSR count). The molecule has 7 atom stereocenters. The summed E-state index contributed by atoms with van der Waals surface area (Å²) in [5.74, 6) is -0.294. The predicted octanol–water partition coefficient (Wildman–Crippen LogP) is -3.19. The lowest BCUT2D eigenvalue weighted by atomic mass is 9.85. The van der Waals surface area contributed by atoms with Gasteiger partial charge in [-0.15, -0.1) is 0 Å². The minimum absolute atomic E-state index is 0.0764. The van der Waals surface area contributed by atoms with E-state index in [0.29, 0.717) is 0 Å². The van der Waals surface area contributed by atoms with Crippen molar-refractivity contribution in [1.82, 2.24) is 0 Å². The van der Waals surface area contributed by atoms with Gasteiger partial charge in [-0.3, -0.25) is 4.79 Å². The van der Waals surface area contributed by atoms with E-state index in [4.69, 9.17) is 14.6 Å². The Morgan fingerprint density at radius 3 is 2.52 bits per heavy atom. The number of hydrogen-bond acceptors (Lipinski definition) is 9. The van der Waals surface area contributed by atoms with Crippen LogP contribution in [-0.4, -0.2) is 92.0 Å². The minimum Gasteiger partial charge on any atom is -0.394 e. The second-order valence-corrected chi connectivity index (χ2v) is 5.83. The van der Waals surface area contributed by atoms with Gasteiger partial charge < -0.3 is 40.1 Å². The van der Waals surface area contributed by atoms with Crippen LogP contribution in [0.25, 0.3) is 0 Å². The molecule has 132 valence electrons. The van der Waals surface area contributed by atoms with Crippen molar-refractivity contribution in [2.75, 3.05) is 13.2 Å². The number of allylic oxidation sites excluding steroid dienone is 1. The van der Waals surface area contributed by atoms with Gasteiger partial charge in [0.05, 0.1) is 19.3 Å². The first-order valence-corrected chi connectivity index (χ1v) is 7.33. The van der Waals surface area contributed by atoms with Crippen LogP contribution in [-0.2, 0) is 14.3 Å². The number of ether oxygens (including phenoxy) is 2. The van der Waals surface area contributed by atoms with E-state index in [2.05, 4.69) is 0 Å². The van der Waals surface area contributed by atoms with E-state index in [0.717, 1.165) is 0 Å². The van der Waals surface area contributed by atoms with Crippen LogP contribution in [0.15, 0.2) is 12.2 Å². The molecule has 0 bridgehead atoms. The van der Waals surface area contributed by atoms with E-state index >= 15 is 0 Å². The first-order chi connectivity index (χ1) is 10.8. The molecule has 0 aromatic heterocycles. The average molecular weight is 334 g/mol. The van der Waals surface area contributed by atoms with E-state index in [9.17, 15) is 30.3 Å². The van der Waals surface area contributed by atoms with Gasteiger partial charge in [0.15, 0.2) is 12.1 Å². The highest BCUT2D eigenvalue weighted by molar-refractivity contribution is 5.91. The summed E-state index contributed by atoms with van der Waals surface area (Å²) >= 11 is 0. The molecule has 1 aliphatic carbocycles. The molecule has 0 spiro atoms. The molecule has 23 heavy (non-hydrogen) atoms. The Labute approximate surface area is 132 Å². The van der Waals surface area contributed by atoms with E-state index < -0.39 is 49.0 Å². The SMILES string of the molecule is O=C1C=C[C@@](O)(CCO[C@@H]2O[C@H](CO)[C@@H](O)[C@H](O)[C@H]2O)[C@@H](O)C1.